The second-order valence-electron chi connectivity index (χ2n) is 4.55. The Kier molecular flexibility index (Phi) is 4.11. The summed E-state index contributed by atoms with van der Waals surface area (Å²) in [6, 6.07) is 7.42. The third-order valence-electron chi connectivity index (χ3n) is 3.22. The van der Waals surface area contributed by atoms with E-state index in [2.05, 4.69) is 0 Å². The molecule has 2 amide bonds. The third-order valence-corrected chi connectivity index (χ3v) is 3.97. The minimum absolute atomic E-state index is 0.295. The van der Waals surface area contributed by atoms with Crippen LogP contribution in [0.3, 0.4) is 0 Å². The molecule has 1 aliphatic heterocycles. The zero-order chi connectivity index (χ0) is 14.0. The lowest BCUT2D eigenvalue weighted by Crippen LogP contribution is -2.48. The summed E-state index contributed by atoms with van der Waals surface area (Å²) < 4.78 is 11.2. The highest BCUT2D eigenvalue weighted by molar-refractivity contribution is 7.90. The van der Waals surface area contributed by atoms with Crippen molar-refractivity contribution in [2.45, 2.75) is 6.42 Å². The summed E-state index contributed by atoms with van der Waals surface area (Å²) in [5, 5.41) is 0. The van der Waals surface area contributed by atoms with Crippen LogP contribution in [0.1, 0.15) is 5.56 Å². The van der Waals surface area contributed by atoms with Crippen molar-refractivity contribution in [1.82, 2.24) is 0 Å². The number of nitrogens with two attached hydrogens (primary N) is 1. The number of carbonyl (C=O) groups excluding carboxylic acids is 2. The number of anilines is 1. The van der Waals surface area contributed by atoms with Crippen LogP contribution in [0.15, 0.2) is 24.3 Å². The number of carbonyl (C=O) groups is 2. The van der Waals surface area contributed by atoms with E-state index in [0.717, 1.165) is 11.3 Å². The van der Waals surface area contributed by atoms with Crippen molar-refractivity contribution >= 4 is 28.7 Å². The van der Waals surface area contributed by atoms with Gasteiger partial charge in [0.25, 0.3) is 0 Å². The topological polar surface area (TPSA) is 86.5 Å². The summed E-state index contributed by atoms with van der Waals surface area (Å²) in [6.07, 6.45) is 1.93. The lowest BCUT2D eigenvalue weighted by molar-refractivity contribution is -0.132. The molecule has 1 aromatic carbocycles. The molecule has 102 valence electrons. The molecular weight excluding hydrogens is 264 g/mol. The van der Waals surface area contributed by atoms with E-state index in [-0.39, 0.29) is 5.91 Å². The monoisotopic (exact) mass is 280 g/mol. The Morgan fingerprint density at radius 2 is 2.21 bits per heavy atom. The lowest BCUT2D eigenvalue weighted by Gasteiger charge is -2.32. The van der Waals surface area contributed by atoms with E-state index in [1.54, 1.807) is 6.26 Å². The second-order valence-corrected chi connectivity index (χ2v) is 6.11. The SMILES string of the molecule is C[S+]([O-])CCN1C(=O)C(C(N)=O)Cc2ccccc21. The van der Waals surface area contributed by atoms with Crippen LogP contribution in [0.5, 0.6) is 0 Å². The van der Waals surface area contributed by atoms with Crippen LogP contribution in [0, 0.1) is 5.92 Å². The van der Waals surface area contributed by atoms with Crippen LogP contribution in [0.2, 0.25) is 0 Å². The third kappa shape index (κ3) is 2.90. The van der Waals surface area contributed by atoms with Crippen molar-refractivity contribution in [1.29, 1.82) is 0 Å². The standard InChI is InChI=1S/C13H16N2O3S/c1-19(18)7-6-15-11-5-3-2-4-9(11)8-10(12(14)16)13(15)17/h2-5,10H,6-8H2,1H3,(H2,14,16). The van der Waals surface area contributed by atoms with Gasteiger partial charge in [-0.25, -0.2) is 0 Å². The van der Waals surface area contributed by atoms with Crippen LogP contribution < -0.4 is 10.6 Å². The first-order chi connectivity index (χ1) is 9.00. The van der Waals surface area contributed by atoms with E-state index in [9.17, 15) is 14.1 Å². The van der Waals surface area contributed by atoms with Gasteiger partial charge in [0.2, 0.25) is 11.8 Å². The molecule has 0 saturated carbocycles. The molecule has 0 aliphatic carbocycles. The van der Waals surface area contributed by atoms with Gasteiger partial charge in [0.1, 0.15) is 11.7 Å². The molecule has 0 fully saturated rings. The zero-order valence-electron chi connectivity index (χ0n) is 10.7. The molecule has 0 aromatic heterocycles. The number of amides is 2. The average Bonchev–Trinajstić information content (AvgIpc) is 2.36. The van der Waals surface area contributed by atoms with Gasteiger partial charge in [0.15, 0.2) is 0 Å². The van der Waals surface area contributed by atoms with Gasteiger partial charge in [-0.15, -0.1) is 0 Å². The number of fused-ring (bicyclic) bond motifs is 1. The summed E-state index contributed by atoms with van der Waals surface area (Å²) in [4.78, 5) is 25.2. The van der Waals surface area contributed by atoms with Gasteiger partial charge in [-0.1, -0.05) is 29.4 Å². The van der Waals surface area contributed by atoms with Gasteiger partial charge in [-0.3, -0.25) is 9.59 Å². The number of hydrogen-bond acceptors (Lipinski definition) is 3. The summed E-state index contributed by atoms with van der Waals surface area (Å²) in [5.41, 5.74) is 7.00. The number of nitrogens with zero attached hydrogens (tertiary/aromatic N) is 1. The molecule has 1 heterocycles. The van der Waals surface area contributed by atoms with Crippen molar-refractivity contribution in [2.24, 2.45) is 11.7 Å². The van der Waals surface area contributed by atoms with Gasteiger partial charge >= 0.3 is 0 Å². The van der Waals surface area contributed by atoms with E-state index in [1.165, 1.54) is 4.90 Å². The van der Waals surface area contributed by atoms with Crippen molar-refractivity contribution < 1.29 is 14.1 Å². The van der Waals surface area contributed by atoms with Crippen molar-refractivity contribution in [3.05, 3.63) is 29.8 Å². The Balaban J connectivity index is 2.32. The fourth-order valence-corrected chi connectivity index (χ4v) is 2.67. The first-order valence-corrected chi connectivity index (χ1v) is 7.72. The predicted octanol–water partition coefficient (Wildman–Crippen LogP) is 0.0557. The molecule has 6 heteroatoms. The molecule has 0 spiro atoms. The van der Waals surface area contributed by atoms with Crippen LogP contribution in [-0.4, -0.2) is 34.9 Å². The molecule has 1 aromatic rings. The summed E-state index contributed by atoms with van der Waals surface area (Å²) >= 11 is -0.991. The maximum Gasteiger partial charge on any atom is 0.240 e. The van der Waals surface area contributed by atoms with Gasteiger partial charge in [0, 0.05) is 5.69 Å². The second kappa shape index (κ2) is 5.63. The zero-order valence-corrected chi connectivity index (χ0v) is 11.5. The highest BCUT2D eigenvalue weighted by Gasteiger charge is 2.36. The van der Waals surface area contributed by atoms with Crippen LogP contribution >= 0.6 is 0 Å². The van der Waals surface area contributed by atoms with E-state index < -0.39 is 23.0 Å². The fourth-order valence-electron chi connectivity index (χ4n) is 2.23. The van der Waals surface area contributed by atoms with E-state index in [4.69, 9.17) is 5.73 Å². The van der Waals surface area contributed by atoms with Crippen molar-refractivity contribution in [3.63, 3.8) is 0 Å². The predicted molar refractivity (Wildman–Crippen MR) is 74.1 cm³/mol. The van der Waals surface area contributed by atoms with Crippen LogP contribution in [-0.2, 0) is 27.2 Å². The lowest BCUT2D eigenvalue weighted by atomic mass is 9.91. The maximum absolute atomic E-state index is 12.3. The molecule has 2 unspecified atom stereocenters. The molecular formula is C13H16N2O3S. The summed E-state index contributed by atoms with van der Waals surface area (Å²) in [6.45, 7) is 0.336. The van der Waals surface area contributed by atoms with E-state index >= 15 is 0 Å². The van der Waals surface area contributed by atoms with Crippen molar-refractivity contribution in [3.8, 4) is 0 Å². The summed E-state index contributed by atoms with van der Waals surface area (Å²) in [7, 11) is 0. The van der Waals surface area contributed by atoms with E-state index in [1.807, 2.05) is 24.3 Å². The Bertz CT molecular complexity index is 504. The molecule has 1 aliphatic rings. The van der Waals surface area contributed by atoms with Crippen molar-refractivity contribution in [2.75, 3.05) is 23.5 Å². The van der Waals surface area contributed by atoms with E-state index in [0.29, 0.717) is 18.7 Å². The van der Waals surface area contributed by atoms with Crippen LogP contribution in [0.25, 0.3) is 0 Å². The molecule has 2 N–H and O–H groups in total. The molecule has 0 bridgehead atoms. The Labute approximate surface area is 114 Å². The maximum atomic E-state index is 12.3. The number of rotatable bonds is 4. The molecule has 2 atom stereocenters. The number of primary amides is 1. The quantitative estimate of drug-likeness (QED) is 0.625. The fraction of sp³-hybridized carbons (Fsp3) is 0.385. The van der Waals surface area contributed by atoms with Gasteiger partial charge in [-0.2, -0.15) is 0 Å². The molecule has 2 rings (SSSR count). The Morgan fingerprint density at radius 1 is 1.53 bits per heavy atom. The number of para-hydroxylation sites is 1. The largest absolute Gasteiger partial charge is 0.617 e. The van der Waals surface area contributed by atoms with Crippen LogP contribution in [0.4, 0.5) is 5.69 Å². The molecule has 5 nitrogen and oxygen atoms in total. The molecule has 0 saturated heterocycles. The number of benzene rings is 1. The molecule has 19 heavy (non-hydrogen) atoms. The highest BCUT2D eigenvalue weighted by Crippen LogP contribution is 2.30. The first-order valence-electron chi connectivity index (χ1n) is 5.99. The first kappa shape index (κ1) is 13.9. The van der Waals surface area contributed by atoms with Gasteiger partial charge < -0.3 is 15.2 Å². The normalized spacial score (nSPS) is 20.0. The highest BCUT2D eigenvalue weighted by atomic mass is 32.2. The Morgan fingerprint density at radius 3 is 2.84 bits per heavy atom. The smallest absolute Gasteiger partial charge is 0.240 e. The minimum atomic E-state index is -0.991. The van der Waals surface area contributed by atoms with Gasteiger partial charge in [0.05, 0.1) is 12.8 Å². The Hall–Kier alpha value is -1.53. The van der Waals surface area contributed by atoms with Gasteiger partial charge in [-0.05, 0) is 18.1 Å². The average molecular weight is 280 g/mol. The minimum Gasteiger partial charge on any atom is -0.617 e. The summed E-state index contributed by atoms with van der Waals surface area (Å²) in [5.74, 6) is -1.34. The molecule has 0 radical (unpaired) electrons. The number of hydrogen-bond donors (Lipinski definition) is 1.